The Morgan fingerprint density at radius 2 is 1.95 bits per heavy atom. The van der Waals surface area contributed by atoms with Crippen LogP contribution in [0.25, 0.3) is 5.57 Å². The topological polar surface area (TPSA) is 44.8 Å². The Bertz CT molecular complexity index is 577. The van der Waals surface area contributed by atoms with Crippen molar-refractivity contribution >= 4 is 18.5 Å². The predicted molar refractivity (Wildman–Crippen MR) is 80.4 cm³/mol. The maximum atomic E-state index is 13.1. The average molecular weight is 296 g/mol. The summed E-state index contributed by atoms with van der Waals surface area (Å²) in [6.45, 7) is 6.19. The third-order valence-electron chi connectivity index (χ3n) is 3.36. The van der Waals surface area contributed by atoms with Crippen molar-refractivity contribution in [3.63, 3.8) is 0 Å². The van der Waals surface area contributed by atoms with Crippen LogP contribution in [0.1, 0.15) is 39.2 Å². The summed E-state index contributed by atoms with van der Waals surface area (Å²) in [7, 11) is -1.80. The zero-order chi connectivity index (χ0) is 14.8. The molecule has 0 amide bonds. The molecular formula is C15H21O4P. The SMILES string of the molecule is CCOP1(=O)OC(CC)=C(CC)c2cccc(OC)c21. The van der Waals surface area contributed by atoms with Crippen LogP contribution in [0.5, 0.6) is 5.75 Å². The van der Waals surface area contributed by atoms with Crippen LogP contribution in [0.4, 0.5) is 0 Å². The van der Waals surface area contributed by atoms with E-state index >= 15 is 0 Å². The van der Waals surface area contributed by atoms with E-state index in [0.29, 0.717) is 24.1 Å². The van der Waals surface area contributed by atoms with E-state index in [2.05, 4.69) is 6.92 Å². The molecule has 0 radical (unpaired) electrons. The fourth-order valence-corrected chi connectivity index (χ4v) is 4.62. The summed E-state index contributed by atoms with van der Waals surface area (Å²) in [4.78, 5) is 0. The Hall–Kier alpha value is -1.25. The lowest BCUT2D eigenvalue weighted by molar-refractivity contribution is 0.254. The molecule has 1 aliphatic heterocycles. The molecule has 0 fully saturated rings. The first-order chi connectivity index (χ1) is 9.61. The van der Waals surface area contributed by atoms with Crippen LogP contribution < -0.4 is 10.0 Å². The highest BCUT2D eigenvalue weighted by molar-refractivity contribution is 7.62. The second kappa shape index (κ2) is 6.02. The Morgan fingerprint density at radius 1 is 1.20 bits per heavy atom. The van der Waals surface area contributed by atoms with Crippen LogP contribution in [-0.4, -0.2) is 13.7 Å². The van der Waals surface area contributed by atoms with Crippen LogP contribution in [-0.2, 0) is 13.6 Å². The van der Waals surface area contributed by atoms with Gasteiger partial charge >= 0.3 is 7.60 Å². The highest BCUT2D eigenvalue weighted by atomic mass is 31.2. The molecule has 1 atom stereocenters. The molecule has 1 unspecified atom stereocenters. The molecule has 1 aromatic carbocycles. The molecule has 1 aromatic rings. The van der Waals surface area contributed by atoms with Crippen molar-refractivity contribution in [2.75, 3.05) is 13.7 Å². The van der Waals surface area contributed by atoms with E-state index in [0.717, 1.165) is 23.3 Å². The lowest BCUT2D eigenvalue weighted by Gasteiger charge is -2.30. The molecule has 0 aliphatic carbocycles. The van der Waals surface area contributed by atoms with E-state index in [4.69, 9.17) is 13.8 Å². The molecular weight excluding hydrogens is 275 g/mol. The van der Waals surface area contributed by atoms with E-state index in [9.17, 15) is 4.57 Å². The second-order valence-electron chi connectivity index (χ2n) is 4.47. The van der Waals surface area contributed by atoms with Gasteiger partial charge in [0.1, 0.15) is 16.8 Å². The number of allylic oxidation sites excluding steroid dienone is 2. The van der Waals surface area contributed by atoms with Crippen molar-refractivity contribution in [1.29, 1.82) is 0 Å². The molecule has 0 N–H and O–H groups in total. The predicted octanol–water partition coefficient (Wildman–Crippen LogP) is 4.11. The standard InChI is InChI=1S/C15H21O4P/c1-5-11-12-9-8-10-14(17-4)15(12)20(16,18-7-3)19-13(11)6-2/h8-10H,5-7H2,1-4H3. The zero-order valence-electron chi connectivity index (χ0n) is 12.4. The Morgan fingerprint density at radius 3 is 2.50 bits per heavy atom. The Balaban J connectivity index is 2.74. The summed E-state index contributed by atoms with van der Waals surface area (Å²) in [5.74, 6) is 1.31. The van der Waals surface area contributed by atoms with Gasteiger partial charge in [-0.3, -0.25) is 4.52 Å². The van der Waals surface area contributed by atoms with Gasteiger partial charge in [-0.2, -0.15) is 0 Å². The van der Waals surface area contributed by atoms with Gasteiger partial charge in [0.15, 0.2) is 0 Å². The maximum absolute atomic E-state index is 13.1. The minimum atomic E-state index is -3.36. The summed E-state index contributed by atoms with van der Waals surface area (Å²) in [5, 5.41) is 0.554. The number of hydrogen-bond acceptors (Lipinski definition) is 4. The minimum Gasteiger partial charge on any atom is -0.496 e. The van der Waals surface area contributed by atoms with Gasteiger partial charge in [0.2, 0.25) is 0 Å². The molecule has 5 heteroatoms. The van der Waals surface area contributed by atoms with Crippen molar-refractivity contribution in [3.8, 4) is 5.75 Å². The average Bonchev–Trinajstić information content (AvgIpc) is 2.46. The number of hydrogen-bond donors (Lipinski definition) is 0. The van der Waals surface area contributed by atoms with Crippen LogP contribution >= 0.6 is 7.60 Å². The molecule has 20 heavy (non-hydrogen) atoms. The molecule has 0 bridgehead atoms. The second-order valence-corrected chi connectivity index (χ2v) is 6.35. The van der Waals surface area contributed by atoms with Crippen molar-refractivity contribution in [2.45, 2.75) is 33.6 Å². The fourth-order valence-electron chi connectivity index (χ4n) is 2.54. The summed E-state index contributed by atoms with van der Waals surface area (Å²) >= 11 is 0. The Kier molecular flexibility index (Phi) is 4.56. The first-order valence-electron chi connectivity index (χ1n) is 6.95. The van der Waals surface area contributed by atoms with Crippen LogP contribution in [0, 0.1) is 0 Å². The minimum absolute atomic E-state index is 0.327. The van der Waals surface area contributed by atoms with E-state index in [1.807, 2.05) is 26.0 Å². The van der Waals surface area contributed by atoms with Gasteiger partial charge in [-0.05, 0) is 25.0 Å². The largest absolute Gasteiger partial charge is 0.496 e. The van der Waals surface area contributed by atoms with Gasteiger partial charge < -0.3 is 9.26 Å². The summed E-state index contributed by atoms with van der Waals surface area (Å²) in [5.41, 5.74) is 2.00. The summed E-state index contributed by atoms with van der Waals surface area (Å²) in [6.07, 6.45) is 1.51. The third kappa shape index (κ3) is 2.38. The highest BCUT2D eigenvalue weighted by Crippen LogP contribution is 2.57. The Labute approximate surface area is 120 Å². The molecule has 0 saturated heterocycles. The molecule has 4 nitrogen and oxygen atoms in total. The molecule has 110 valence electrons. The molecule has 0 aromatic heterocycles. The van der Waals surface area contributed by atoms with Crippen LogP contribution in [0.3, 0.4) is 0 Å². The van der Waals surface area contributed by atoms with Crippen molar-refractivity contribution in [3.05, 3.63) is 29.5 Å². The number of rotatable bonds is 5. The molecule has 2 rings (SSSR count). The van der Waals surface area contributed by atoms with Crippen molar-refractivity contribution < 1.29 is 18.3 Å². The zero-order valence-corrected chi connectivity index (χ0v) is 13.3. The molecule has 0 saturated carbocycles. The van der Waals surface area contributed by atoms with E-state index in [-0.39, 0.29) is 0 Å². The molecule has 1 heterocycles. The fraction of sp³-hybridized carbons (Fsp3) is 0.467. The number of ether oxygens (including phenoxy) is 1. The number of methoxy groups -OCH3 is 1. The van der Waals surface area contributed by atoms with Gasteiger partial charge in [-0.15, -0.1) is 0 Å². The van der Waals surface area contributed by atoms with Crippen molar-refractivity contribution in [2.24, 2.45) is 0 Å². The van der Waals surface area contributed by atoms with Gasteiger partial charge in [-0.25, -0.2) is 4.57 Å². The van der Waals surface area contributed by atoms with Crippen LogP contribution in [0.2, 0.25) is 0 Å². The lowest BCUT2D eigenvalue weighted by atomic mass is 10.0. The summed E-state index contributed by atoms with van der Waals surface area (Å²) in [6, 6.07) is 5.65. The monoisotopic (exact) mass is 296 g/mol. The van der Waals surface area contributed by atoms with E-state index in [1.165, 1.54) is 0 Å². The normalized spacial score (nSPS) is 21.4. The first kappa shape index (κ1) is 15.1. The van der Waals surface area contributed by atoms with Crippen molar-refractivity contribution in [1.82, 2.24) is 0 Å². The smallest absolute Gasteiger partial charge is 0.414 e. The summed E-state index contributed by atoms with van der Waals surface area (Å²) < 4.78 is 29.7. The third-order valence-corrected chi connectivity index (χ3v) is 5.43. The molecule has 0 spiro atoms. The van der Waals surface area contributed by atoms with Gasteiger partial charge in [0, 0.05) is 12.0 Å². The van der Waals surface area contributed by atoms with Gasteiger partial charge in [0.25, 0.3) is 0 Å². The highest BCUT2D eigenvalue weighted by Gasteiger charge is 2.40. The van der Waals surface area contributed by atoms with E-state index in [1.54, 1.807) is 13.2 Å². The lowest BCUT2D eigenvalue weighted by Crippen LogP contribution is -2.22. The van der Waals surface area contributed by atoms with Gasteiger partial charge in [0.05, 0.1) is 13.7 Å². The number of benzene rings is 1. The van der Waals surface area contributed by atoms with Crippen LogP contribution in [0.15, 0.2) is 24.0 Å². The quantitative estimate of drug-likeness (QED) is 0.767. The molecule has 1 aliphatic rings. The number of fused-ring (bicyclic) bond motifs is 1. The van der Waals surface area contributed by atoms with Gasteiger partial charge in [-0.1, -0.05) is 26.0 Å². The van der Waals surface area contributed by atoms with E-state index < -0.39 is 7.60 Å². The first-order valence-corrected chi connectivity index (χ1v) is 8.49. The maximum Gasteiger partial charge on any atom is 0.414 e.